The molecule has 0 fully saturated rings. The van der Waals surface area contributed by atoms with Crippen LogP contribution in [0.4, 0.5) is 0 Å². The second-order valence-corrected chi connectivity index (χ2v) is 8.12. The monoisotopic (exact) mass is 454 g/mol. The number of carbonyl (C=O) groups excluding carboxylic acids is 2. The highest BCUT2D eigenvalue weighted by Gasteiger charge is 2.25. The third-order valence-electron chi connectivity index (χ3n) is 5.39. The summed E-state index contributed by atoms with van der Waals surface area (Å²) in [5.41, 5.74) is 3.13. The number of carbonyl (C=O) groups is 2. The predicted octanol–water partition coefficient (Wildman–Crippen LogP) is 4.67. The lowest BCUT2D eigenvalue weighted by molar-refractivity contribution is -0.140. The van der Waals surface area contributed by atoms with Gasteiger partial charge in [-0.1, -0.05) is 42.8 Å². The Kier molecular flexibility index (Phi) is 10.7. The molecule has 2 aromatic rings. The third-order valence-corrected chi connectivity index (χ3v) is 5.39. The van der Waals surface area contributed by atoms with Gasteiger partial charge in [0.1, 0.15) is 6.04 Å². The molecular formula is C27H38N2O4. The van der Waals surface area contributed by atoms with Crippen molar-refractivity contribution in [2.24, 2.45) is 0 Å². The van der Waals surface area contributed by atoms with Crippen molar-refractivity contribution < 1.29 is 19.1 Å². The van der Waals surface area contributed by atoms with Gasteiger partial charge >= 0.3 is 0 Å². The molecule has 0 saturated heterocycles. The van der Waals surface area contributed by atoms with Gasteiger partial charge in [-0.15, -0.1) is 0 Å². The van der Waals surface area contributed by atoms with E-state index in [-0.39, 0.29) is 11.8 Å². The Morgan fingerprint density at radius 3 is 2.36 bits per heavy atom. The molecule has 2 aromatic carbocycles. The Morgan fingerprint density at radius 1 is 0.970 bits per heavy atom. The topological polar surface area (TPSA) is 67.9 Å². The van der Waals surface area contributed by atoms with E-state index in [1.165, 1.54) is 0 Å². The zero-order chi connectivity index (χ0) is 24.2. The smallest absolute Gasteiger partial charge is 0.242 e. The van der Waals surface area contributed by atoms with Crippen molar-refractivity contribution in [1.29, 1.82) is 0 Å². The van der Waals surface area contributed by atoms with E-state index in [1.807, 2.05) is 64.1 Å². The molecule has 0 bridgehead atoms. The van der Waals surface area contributed by atoms with Crippen LogP contribution in [0.3, 0.4) is 0 Å². The number of hydrogen-bond donors (Lipinski definition) is 1. The first-order chi connectivity index (χ1) is 15.9. The summed E-state index contributed by atoms with van der Waals surface area (Å²) >= 11 is 0. The second-order valence-electron chi connectivity index (χ2n) is 8.12. The van der Waals surface area contributed by atoms with Gasteiger partial charge in [-0.05, 0) is 63.8 Å². The van der Waals surface area contributed by atoms with Crippen LogP contribution in [0.25, 0.3) is 0 Å². The summed E-state index contributed by atoms with van der Waals surface area (Å²) in [6, 6.07) is 13.3. The van der Waals surface area contributed by atoms with Crippen LogP contribution in [0, 0.1) is 6.92 Å². The minimum absolute atomic E-state index is 0.0532. The molecule has 180 valence electrons. The van der Waals surface area contributed by atoms with E-state index >= 15 is 0 Å². The zero-order valence-electron chi connectivity index (χ0n) is 20.6. The number of aryl methyl sites for hydroxylation is 2. The minimum Gasteiger partial charge on any atom is -0.490 e. The quantitative estimate of drug-likeness (QED) is 0.478. The van der Waals surface area contributed by atoms with Gasteiger partial charge in [0.25, 0.3) is 0 Å². The summed E-state index contributed by atoms with van der Waals surface area (Å²) < 4.78 is 11.3. The third kappa shape index (κ3) is 8.12. The minimum atomic E-state index is -0.552. The zero-order valence-corrected chi connectivity index (χ0v) is 20.6. The predicted molar refractivity (Wildman–Crippen MR) is 132 cm³/mol. The molecule has 6 heteroatoms. The highest BCUT2D eigenvalue weighted by Crippen LogP contribution is 2.29. The molecule has 0 spiro atoms. The molecule has 0 aliphatic rings. The van der Waals surface area contributed by atoms with Gasteiger partial charge in [-0.2, -0.15) is 0 Å². The number of benzene rings is 2. The fourth-order valence-electron chi connectivity index (χ4n) is 3.63. The van der Waals surface area contributed by atoms with E-state index in [0.717, 1.165) is 23.1 Å². The molecule has 0 radical (unpaired) electrons. The van der Waals surface area contributed by atoms with Crippen molar-refractivity contribution in [3.05, 3.63) is 59.2 Å². The lowest BCUT2D eigenvalue weighted by atomic mass is 10.1. The molecule has 6 nitrogen and oxygen atoms in total. The first kappa shape index (κ1) is 26.2. The van der Waals surface area contributed by atoms with Gasteiger partial charge in [-0.3, -0.25) is 9.59 Å². The summed E-state index contributed by atoms with van der Waals surface area (Å²) in [7, 11) is 0. The van der Waals surface area contributed by atoms with E-state index < -0.39 is 6.04 Å². The van der Waals surface area contributed by atoms with Crippen LogP contribution in [0.5, 0.6) is 11.5 Å². The molecule has 0 aliphatic heterocycles. The van der Waals surface area contributed by atoms with Gasteiger partial charge < -0.3 is 19.7 Å². The van der Waals surface area contributed by atoms with Gasteiger partial charge in [0.15, 0.2) is 11.5 Å². The van der Waals surface area contributed by atoms with Crippen LogP contribution in [0.2, 0.25) is 0 Å². The standard InChI is InChI=1S/C27H38N2O4/c1-6-16-28-27(31)21(5)29(19-23-11-9-10-20(4)17-23)26(30)15-13-22-12-14-24(32-7-2)25(18-22)33-8-3/h9-12,14,17-18,21H,6-8,13,15-16,19H2,1-5H3,(H,28,31)/t21-/m0/s1. The summed E-state index contributed by atoms with van der Waals surface area (Å²) in [6.45, 7) is 11.8. The normalized spacial score (nSPS) is 11.5. The SMILES string of the molecule is CCCNC(=O)[C@H](C)N(Cc1cccc(C)c1)C(=O)CCc1ccc(OCC)c(OCC)c1. The number of hydrogen-bond acceptors (Lipinski definition) is 4. The lowest BCUT2D eigenvalue weighted by Gasteiger charge is -2.29. The van der Waals surface area contributed by atoms with Crippen LogP contribution in [-0.2, 0) is 22.6 Å². The van der Waals surface area contributed by atoms with E-state index in [2.05, 4.69) is 11.4 Å². The van der Waals surface area contributed by atoms with E-state index in [1.54, 1.807) is 11.8 Å². The van der Waals surface area contributed by atoms with Crippen LogP contribution in [0.1, 0.15) is 57.2 Å². The van der Waals surface area contributed by atoms with Gasteiger partial charge in [0, 0.05) is 19.5 Å². The largest absolute Gasteiger partial charge is 0.490 e. The fraction of sp³-hybridized carbons (Fsp3) is 0.481. The number of rotatable bonds is 13. The maximum absolute atomic E-state index is 13.3. The average Bonchev–Trinajstić information content (AvgIpc) is 2.80. The molecule has 0 aliphatic carbocycles. The summed E-state index contributed by atoms with van der Waals surface area (Å²) in [5, 5.41) is 2.91. The first-order valence-corrected chi connectivity index (χ1v) is 11.9. The highest BCUT2D eigenvalue weighted by molar-refractivity contribution is 5.87. The number of amides is 2. The van der Waals surface area contributed by atoms with Crippen LogP contribution in [-0.4, -0.2) is 42.5 Å². The van der Waals surface area contributed by atoms with E-state index in [0.29, 0.717) is 50.6 Å². The Labute approximate surface area is 198 Å². The summed E-state index contributed by atoms with van der Waals surface area (Å²) in [6.07, 6.45) is 1.71. The van der Waals surface area contributed by atoms with Crippen molar-refractivity contribution in [2.45, 2.75) is 66.5 Å². The second kappa shape index (κ2) is 13.5. The maximum atomic E-state index is 13.3. The average molecular weight is 455 g/mol. The Bertz CT molecular complexity index is 913. The summed E-state index contributed by atoms with van der Waals surface area (Å²) in [4.78, 5) is 27.6. The number of nitrogens with one attached hydrogen (secondary N) is 1. The molecule has 0 saturated carbocycles. The van der Waals surface area contributed by atoms with Crippen molar-refractivity contribution in [1.82, 2.24) is 10.2 Å². The van der Waals surface area contributed by atoms with Crippen LogP contribution >= 0.6 is 0 Å². The van der Waals surface area contributed by atoms with Gasteiger partial charge in [0.05, 0.1) is 13.2 Å². The molecule has 2 rings (SSSR count). The van der Waals surface area contributed by atoms with Crippen molar-refractivity contribution >= 4 is 11.8 Å². The molecular weight excluding hydrogens is 416 g/mol. The van der Waals surface area contributed by atoms with Crippen LogP contribution < -0.4 is 14.8 Å². The lowest BCUT2D eigenvalue weighted by Crippen LogP contribution is -2.47. The van der Waals surface area contributed by atoms with Crippen molar-refractivity contribution in [2.75, 3.05) is 19.8 Å². The molecule has 0 heterocycles. The van der Waals surface area contributed by atoms with E-state index in [4.69, 9.17) is 9.47 Å². The summed E-state index contributed by atoms with van der Waals surface area (Å²) in [5.74, 6) is 1.21. The molecule has 1 N–H and O–H groups in total. The molecule has 0 aromatic heterocycles. The Balaban J connectivity index is 2.16. The fourth-order valence-corrected chi connectivity index (χ4v) is 3.63. The molecule has 2 amide bonds. The molecule has 1 atom stereocenters. The van der Waals surface area contributed by atoms with E-state index in [9.17, 15) is 9.59 Å². The molecule has 33 heavy (non-hydrogen) atoms. The van der Waals surface area contributed by atoms with Crippen molar-refractivity contribution in [3.8, 4) is 11.5 Å². The Hall–Kier alpha value is -3.02. The number of ether oxygens (including phenoxy) is 2. The highest BCUT2D eigenvalue weighted by atomic mass is 16.5. The van der Waals surface area contributed by atoms with Gasteiger partial charge in [0.2, 0.25) is 11.8 Å². The molecule has 0 unspecified atom stereocenters. The first-order valence-electron chi connectivity index (χ1n) is 11.9. The number of nitrogens with zero attached hydrogens (tertiary/aromatic N) is 1. The van der Waals surface area contributed by atoms with Gasteiger partial charge in [-0.25, -0.2) is 0 Å². The van der Waals surface area contributed by atoms with Crippen LogP contribution in [0.15, 0.2) is 42.5 Å². The maximum Gasteiger partial charge on any atom is 0.242 e. The van der Waals surface area contributed by atoms with Crippen molar-refractivity contribution in [3.63, 3.8) is 0 Å². The Morgan fingerprint density at radius 2 is 1.70 bits per heavy atom.